The Kier molecular flexibility index (Phi) is 6.70. The van der Waals surface area contributed by atoms with Crippen molar-refractivity contribution >= 4 is 33.3 Å². The fraction of sp³-hybridized carbons (Fsp3) is 0.560. The Morgan fingerprint density at radius 1 is 1.12 bits per heavy atom. The number of thiazole rings is 1. The van der Waals surface area contributed by atoms with Gasteiger partial charge in [-0.2, -0.15) is 4.98 Å². The Labute approximate surface area is 203 Å². The number of rotatable bonds is 9. The topological polar surface area (TPSA) is 123 Å². The smallest absolute Gasteiger partial charge is 0.224 e. The Morgan fingerprint density at radius 3 is 2.65 bits per heavy atom. The summed E-state index contributed by atoms with van der Waals surface area (Å²) in [5.41, 5.74) is 3.87. The number of aliphatic hydroxyl groups excluding tert-OH is 3. The first kappa shape index (κ1) is 23.4. The first-order chi connectivity index (χ1) is 16.5. The van der Waals surface area contributed by atoms with E-state index in [-0.39, 0.29) is 12.5 Å². The maximum atomic E-state index is 10.6. The molecule has 0 spiro atoms. The normalized spacial score (nSPS) is 24.6. The summed E-state index contributed by atoms with van der Waals surface area (Å²) in [6.45, 7) is 4.80. The Bertz CT molecular complexity index is 1160. The van der Waals surface area contributed by atoms with Crippen molar-refractivity contribution in [3.05, 3.63) is 29.5 Å². The van der Waals surface area contributed by atoms with Crippen LogP contribution in [-0.4, -0.2) is 61.7 Å². The number of anilines is 2. The van der Waals surface area contributed by atoms with E-state index in [1.165, 1.54) is 18.4 Å². The number of aliphatic hydroxyl groups is 3. The summed E-state index contributed by atoms with van der Waals surface area (Å²) in [6, 6.07) is 5.87. The van der Waals surface area contributed by atoms with E-state index in [4.69, 9.17) is 15.0 Å². The van der Waals surface area contributed by atoms with Gasteiger partial charge >= 0.3 is 0 Å². The molecule has 5 rings (SSSR count). The second kappa shape index (κ2) is 9.73. The number of hydrogen-bond donors (Lipinski definition) is 5. The van der Waals surface area contributed by atoms with Crippen LogP contribution < -0.4 is 10.6 Å². The fourth-order valence-corrected chi connectivity index (χ4v) is 5.89. The zero-order chi connectivity index (χ0) is 23.8. The van der Waals surface area contributed by atoms with E-state index in [9.17, 15) is 15.3 Å². The molecule has 0 radical (unpaired) electrons. The third-order valence-electron chi connectivity index (χ3n) is 6.93. The molecule has 0 bridgehead atoms. The molecule has 2 aliphatic carbocycles. The number of aromatic nitrogens is 3. The molecule has 9 heteroatoms. The van der Waals surface area contributed by atoms with Crippen molar-refractivity contribution < 1.29 is 15.3 Å². The molecule has 182 valence electrons. The highest BCUT2D eigenvalue weighted by Crippen LogP contribution is 2.39. The standard InChI is InChI=1S/C25H33N5O3S/c1-3-5-15-6-4-7-18-20(15)29-24(34-18)19-13(2)27-25(26-11-14-8-9-14)30-23(19)28-17-10-16(12-31)21(32)22(17)33/h4,6-7,14,16-17,21-22,31-33H,3,5,8-12H2,1-2H3,(H2,26,27,28,30)/t16-,17?,21-,22+/m1/s1. The summed E-state index contributed by atoms with van der Waals surface area (Å²) >= 11 is 1.61. The van der Waals surface area contributed by atoms with Crippen molar-refractivity contribution in [3.63, 3.8) is 0 Å². The van der Waals surface area contributed by atoms with Gasteiger partial charge < -0.3 is 26.0 Å². The first-order valence-corrected chi connectivity index (χ1v) is 13.0. The zero-order valence-corrected chi connectivity index (χ0v) is 20.5. The number of nitrogens with one attached hydrogen (secondary N) is 2. The molecule has 0 amide bonds. The average Bonchev–Trinajstić information content (AvgIpc) is 3.49. The second-order valence-corrected chi connectivity index (χ2v) is 10.7. The van der Waals surface area contributed by atoms with Crippen LogP contribution in [0.15, 0.2) is 18.2 Å². The third kappa shape index (κ3) is 4.62. The van der Waals surface area contributed by atoms with Crippen molar-refractivity contribution in [1.82, 2.24) is 15.0 Å². The van der Waals surface area contributed by atoms with Gasteiger partial charge in [0.2, 0.25) is 5.95 Å². The quantitative estimate of drug-likeness (QED) is 0.314. The van der Waals surface area contributed by atoms with Gasteiger partial charge in [-0.25, -0.2) is 9.97 Å². The van der Waals surface area contributed by atoms with E-state index in [2.05, 4.69) is 35.8 Å². The predicted octanol–water partition coefficient (Wildman–Crippen LogP) is 3.35. The van der Waals surface area contributed by atoms with Crippen molar-refractivity contribution in [2.24, 2.45) is 11.8 Å². The lowest BCUT2D eigenvalue weighted by Gasteiger charge is -2.21. The molecule has 2 fully saturated rings. The summed E-state index contributed by atoms with van der Waals surface area (Å²) in [4.78, 5) is 14.5. The Hall–Kier alpha value is -2.33. The molecule has 1 aromatic carbocycles. The van der Waals surface area contributed by atoms with Gasteiger partial charge in [-0.3, -0.25) is 0 Å². The molecule has 5 N–H and O–H groups in total. The van der Waals surface area contributed by atoms with Crippen LogP contribution in [0.5, 0.6) is 0 Å². The molecule has 0 saturated heterocycles. The van der Waals surface area contributed by atoms with E-state index in [0.29, 0.717) is 24.1 Å². The molecule has 4 atom stereocenters. The second-order valence-electron chi connectivity index (χ2n) is 9.62. The van der Waals surface area contributed by atoms with Gasteiger partial charge in [-0.05, 0) is 50.2 Å². The number of nitrogens with zero attached hydrogens (tertiary/aromatic N) is 3. The van der Waals surface area contributed by atoms with Crippen LogP contribution in [0.4, 0.5) is 11.8 Å². The van der Waals surface area contributed by atoms with Gasteiger partial charge in [0, 0.05) is 19.1 Å². The minimum atomic E-state index is -0.991. The van der Waals surface area contributed by atoms with Crippen LogP contribution in [0.25, 0.3) is 20.8 Å². The lowest BCUT2D eigenvalue weighted by atomic mass is 10.1. The predicted molar refractivity (Wildman–Crippen MR) is 135 cm³/mol. The molecule has 3 aromatic rings. The van der Waals surface area contributed by atoms with E-state index in [0.717, 1.165) is 45.9 Å². The maximum Gasteiger partial charge on any atom is 0.224 e. The number of aryl methyl sites for hydroxylation is 2. The fourth-order valence-electron chi connectivity index (χ4n) is 4.78. The highest BCUT2D eigenvalue weighted by atomic mass is 32.1. The van der Waals surface area contributed by atoms with Crippen LogP contribution in [0.2, 0.25) is 0 Å². The summed E-state index contributed by atoms with van der Waals surface area (Å²) in [5, 5.41) is 38.1. The SMILES string of the molecule is CCCc1cccc2sc(-c3c(C)nc(NCC4CC4)nc3NC3C[C@H](CO)[C@@H](O)[C@H]3O)nc12. The van der Waals surface area contributed by atoms with Gasteiger partial charge in [0.15, 0.2) is 0 Å². The van der Waals surface area contributed by atoms with Crippen LogP contribution >= 0.6 is 11.3 Å². The molecule has 8 nitrogen and oxygen atoms in total. The highest BCUT2D eigenvalue weighted by molar-refractivity contribution is 7.21. The van der Waals surface area contributed by atoms with Crippen molar-refractivity contribution in [2.75, 3.05) is 23.8 Å². The molecular formula is C25H33N5O3S. The first-order valence-electron chi connectivity index (χ1n) is 12.2. The van der Waals surface area contributed by atoms with E-state index < -0.39 is 18.2 Å². The molecule has 2 saturated carbocycles. The lowest BCUT2D eigenvalue weighted by Crippen LogP contribution is -2.35. The number of benzene rings is 1. The molecule has 34 heavy (non-hydrogen) atoms. The van der Waals surface area contributed by atoms with Crippen LogP contribution in [0, 0.1) is 18.8 Å². The monoisotopic (exact) mass is 483 g/mol. The van der Waals surface area contributed by atoms with E-state index >= 15 is 0 Å². The van der Waals surface area contributed by atoms with Crippen LogP contribution in [-0.2, 0) is 6.42 Å². The molecule has 2 aromatic heterocycles. The highest BCUT2D eigenvalue weighted by Gasteiger charge is 2.41. The average molecular weight is 484 g/mol. The van der Waals surface area contributed by atoms with Gasteiger partial charge in [0.05, 0.1) is 33.6 Å². The van der Waals surface area contributed by atoms with Gasteiger partial charge in [-0.15, -0.1) is 11.3 Å². The van der Waals surface area contributed by atoms with Crippen molar-refractivity contribution in [1.29, 1.82) is 0 Å². The lowest BCUT2D eigenvalue weighted by molar-refractivity contribution is 0.00446. The van der Waals surface area contributed by atoms with Crippen LogP contribution in [0.1, 0.15) is 43.9 Å². The number of fused-ring (bicyclic) bond motifs is 1. The van der Waals surface area contributed by atoms with Gasteiger partial charge in [0.1, 0.15) is 16.9 Å². The minimum absolute atomic E-state index is 0.168. The van der Waals surface area contributed by atoms with Crippen molar-refractivity contribution in [3.8, 4) is 10.6 Å². The summed E-state index contributed by atoms with van der Waals surface area (Å²) in [7, 11) is 0. The minimum Gasteiger partial charge on any atom is -0.396 e. The molecule has 2 aliphatic rings. The van der Waals surface area contributed by atoms with E-state index in [1.54, 1.807) is 11.3 Å². The van der Waals surface area contributed by atoms with Crippen molar-refractivity contribution in [2.45, 2.75) is 64.2 Å². The molecule has 2 heterocycles. The Morgan fingerprint density at radius 2 is 1.94 bits per heavy atom. The maximum absolute atomic E-state index is 10.6. The van der Waals surface area contributed by atoms with Crippen LogP contribution in [0.3, 0.4) is 0 Å². The Balaban J connectivity index is 1.54. The largest absolute Gasteiger partial charge is 0.396 e. The summed E-state index contributed by atoms with van der Waals surface area (Å²) in [6.07, 6.45) is 2.98. The summed E-state index contributed by atoms with van der Waals surface area (Å²) < 4.78 is 1.12. The number of hydrogen-bond acceptors (Lipinski definition) is 9. The van der Waals surface area contributed by atoms with E-state index in [1.807, 2.05) is 6.92 Å². The zero-order valence-electron chi connectivity index (χ0n) is 19.7. The molecule has 1 unspecified atom stereocenters. The summed E-state index contributed by atoms with van der Waals surface area (Å²) in [5.74, 6) is 1.45. The van der Waals surface area contributed by atoms with Gasteiger partial charge in [-0.1, -0.05) is 25.5 Å². The molecule has 0 aliphatic heterocycles. The van der Waals surface area contributed by atoms with Gasteiger partial charge in [0.25, 0.3) is 0 Å². The third-order valence-corrected chi connectivity index (χ3v) is 7.97. The number of para-hydroxylation sites is 1. The molecular weight excluding hydrogens is 450 g/mol.